The molecule has 1 N–H and O–H groups in total. The third-order valence-electron chi connectivity index (χ3n) is 5.70. The molecular weight excluding hydrogens is 360 g/mol. The van der Waals surface area contributed by atoms with Gasteiger partial charge in [0.25, 0.3) is 0 Å². The van der Waals surface area contributed by atoms with Crippen molar-refractivity contribution in [3.8, 4) is 6.07 Å². The summed E-state index contributed by atoms with van der Waals surface area (Å²) < 4.78 is 4.76. The number of esters is 1. The van der Waals surface area contributed by atoms with Crippen LogP contribution >= 0.6 is 0 Å². The Balaban J connectivity index is 1.61. The summed E-state index contributed by atoms with van der Waals surface area (Å²) >= 11 is 0. The number of benzene rings is 1. The molecule has 1 saturated carbocycles. The maximum absolute atomic E-state index is 12.8. The summed E-state index contributed by atoms with van der Waals surface area (Å²) in [4.78, 5) is 38.6. The molecule has 0 radical (unpaired) electrons. The lowest BCUT2D eigenvalue weighted by Gasteiger charge is -2.17. The van der Waals surface area contributed by atoms with E-state index in [1.807, 2.05) is 12.2 Å². The number of fused-ring (bicyclic) bond motifs is 5. The maximum atomic E-state index is 12.8. The summed E-state index contributed by atoms with van der Waals surface area (Å²) in [6.45, 7) is 1.68. The molecule has 1 aliphatic heterocycles. The third-order valence-corrected chi connectivity index (χ3v) is 5.70. The van der Waals surface area contributed by atoms with Crippen molar-refractivity contribution in [1.82, 2.24) is 0 Å². The summed E-state index contributed by atoms with van der Waals surface area (Å²) in [5, 5.41) is 19.4. The van der Waals surface area contributed by atoms with Gasteiger partial charge >= 0.3 is 5.97 Å². The summed E-state index contributed by atoms with van der Waals surface area (Å²) in [6, 6.07) is 7.62. The molecule has 2 bridgehead atoms. The van der Waals surface area contributed by atoms with Gasteiger partial charge in [0.2, 0.25) is 11.8 Å². The zero-order valence-corrected chi connectivity index (χ0v) is 15.2. The van der Waals surface area contributed by atoms with Crippen LogP contribution in [-0.2, 0) is 19.1 Å². The molecule has 0 unspecified atom stereocenters. The van der Waals surface area contributed by atoms with Crippen molar-refractivity contribution < 1.29 is 24.2 Å². The van der Waals surface area contributed by atoms with Crippen molar-refractivity contribution in [3.63, 3.8) is 0 Å². The monoisotopic (exact) mass is 378 g/mol. The van der Waals surface area contributed by atoms with Gasteiger partial charge < -0.3 is 9.84 Å². The van der Waals surface area contributed by atoms with E-state index in [0.717, 1.165) is 6.42 Å². The van der Waals surface area contributed by atoms with E-state index in [0.29, 0.717) is 5.69 Å². The van der Waals surface area contributed by atoms with Crippen LogP contribution in [0.2, 0.25) is 0 Å². The number of carbonyl (C=O) groups excluding carboxylic acids is 3. The number of anilines is 1. The van der Waals surface area contributed by atoms with Gasteiger partial charge in [-0.05, 0) is 49.4 Å². The first-order chi connectivity index (χ1) is 13.5. The van der Waals surface area contributed by atoms with Crippen LogP contribution in [0.3, 0.4) is 0 Å². The number of amides is 2. The fourth-order valence-electron chi connectivity index (χ4n) is 4.47. The zero-order valence-electron chi connectivity index (χ0n) is 15.2. The number of allylic oxidation sites excluding steroid dienone is 2. The molecule has 28 heavy (non-hydrogen) atoms. The van der Waals surface area contributed by atoms with Gasteiger partial charge in [-0.1, -0.05) is 12.2 Å². The van der Waals surface area contributed by atoms with Crippen LogP contribution in [0.25, 0.3) is 5.76 Å². The summed E-state index contributed by atoms with van der Waals surface area (Å²) in [6.07, 6.45) is 4.93. The van der Waals surface area contributed by atoms with Crippen LogP contribution in [-0.4, -0.2) is 29.5 Å². The Hall–Kier alpha value is -3.40. The molecule has 7 heteroatoms. The number of carbonyl (C=O) groups is 3. The summed E-state index contributed by atoms with van der Waals surface area (Å²) in [7, 11) is 0. The van der Waals surface area contributed by atoms with E-state index >= 15 is 0 Å². The maximum Gasteiger partial charge on any atom is 0.352 e. The average Bonchev–Trinajstić information content (AvgIpc) is 3.36. The van der Waals surface area contributed by atoms with E-state index < -0.39 is 17.3 Å². The predicted octanol–water partition coefficient (Wildman–Crippen LogP) is 2.35. The Bertz CT molecular complexity index is 940. The van der Waals surface area contributed by atoms with Gasteiger partial charge in [0, 0.05) is 5.56 Å². The molecule has 1 aromatic carbocycles. The molecule has 0 spiro atoms. The lowest BCUT2D eigenvalue weighted by Crippen LogP contribution is -2.32. The molecule has 2 fully saturated rings. The SMILES string of the molecule is CCOC(=O)/C(C#N)=C(/O)c1ccc(N2C(=O)[C@@H]3[C@H](C2=O)[C@H]2C=C[C@H]3C2)cc1. The first-order valence-electron chi connectivity index (χ1n) is 9.15. The number of imide groups is 1. The molecule has 2 aliphatic carbocycles. The topological polar surface area (TPSA) is 108 Å². The second kappa shape index (κ2) is 6.64. The number of hydrogen-bond donors (Lipinski definition) is 1. The van der Waals surface area contributed by atoms with E-state index in [1.54, 1.807) is 13.0 Å². The Morgan fingerprint density at radius 2 is 1.75 bits per heavy atom. The molecule has 4 rings (SSSR count). The zero-order chi connectivity index (χ0) is 20.0. The van der Waals surface area contributed by atoms with Crippen molar-refractivity contribution in [2.75, 3.05) is 11.5 Å². The predicted molar refractivity (Wildman–Crippen MR) is 98.4 cm³/mol. The first-order valence-corrected chi connectivity index (χ1v) is 9.15. The first kappa shape index (κ1) is 18.0. The lowest BCUT2D eigenvalue weighted by atomic mass is 9.85. The van der Waals surface area contributed by atoms with Gasteiger partial charge in [0.05, 0.1) is 24.1 Å². The molecule has 4 atom stereocenters. The van der Waals surface area contributed by atoms with Gasteiger partial charge in [-0.3, -0.25) is 14.5 Å². The van der Waals surface area contributed by atoms with E-state index in [9.17, 15) is 19.5 Å². The highest BCUT2D eigenvalue weighted by Gasteiger charge is 2.59. The minimum absolute atomic E-state index is 0.0780. The molecular formula is C21H18N2O5. The highest BCUT2D eigenvalue weighted by molar-refractivity contribution is 6.22. The van der Waals surface area contributed by atoms with Crippen molar-refractivity contribution in [1.29, 1.82) is 5.26 Å². The molecule has 3 aliphatic rings. The third kappa shape index (κ3) is 2.53. The second-order valence-corrected chi connectivity index (χ2v) is 7.11. The Morgan fingerprint density at radius 3 is 2.25 bits per heavy atom. The molecule has 1 aromatic rings. The van der Waals surface area contributed by atoms with E-state index in [2.05, 4.69) is 0 Å². The van der Waals surface area contributed by atoms with Crippen LogP contribution in [0.5, 0.6) is 0 Å². The number of aliphatic hydroxyl groups is 1. The van der Waals surface area contributed by atoms with Crippen molar-refractivity contribution in [2.24, 2.45) is 23.7 Å². The molecule has 0 aromatic heterocycles. The number of ether oxygens (including phenoxy) is 1. The summed E-state index contributed by atoms with van der Waals surface area (Å²) in [5.74, 6) is -2.12. The van der Waals surface area contributed by atoms with Gasteiger partial charge in [0.1, 0.15) is 11.8 Å². The molecule has 7 nitrogen and oxygen atoms in total. The number of nitriles is 1. The summed E-state index contributed by atoms with van der Waals surface area (Å²) in [5.41, 5.74) is 0.129. The molecule has 142 valence electrons. The van der Waals surface area contributed by atoms with Crippen LogP contribution in [0.1, 0.15) is 18.9 Å². The van der Waals surface area contributed by atoms with Crippen LogP contribution < -0.4 is 4.90 Å². The van der Waals surface area contributed by atoms with Gasteiger partial charge in [-0.15, -0.1) is 0 Å². The minimum Gasteiger partial charge on any atom is -0.506 e. The fourth-order valence-corrected chi connectivity index (χ4v) is 4.47. The van der Waals surface area contributed by atoms with Crippen LogP contribution in [0.4, 0.5) is 5.69 Å². The highest BCUT2D eigenvalue weighted by Crippen LogP contribution is 2.53. The standard InChI is InChI=1S/C21H18N2O5/c1-2-28-21(27)15(10-22)18(24)11-5-7-14(8-6-11)23-19(25)16-12-3-4-13(9-12)17(16)20(23)26/h3-8,12-13,16-17,24H,2,9H2,1H3/b18-15+/t12-,13-,16-,17+/m0/s1. The largest absolute Gasteiger partial charge is 0.506 e. The smallest absolute Gasteiger partial charge is 0.352 e. The van der Waals surface area contributed by atoms with E-state index in [4.69, 9.17) is 10.00 Å². The van der Waals surface area contributed by atoms with Gasteiger partial charge in [0.15, 0.2) is 5.57 Å². The number of aliphatic hydroxyl groups excluding tert-OH is 1. The molecule has 1 saturated heterocycles. The minimum atomic E-state index is -0.910. The average molecular weight is 378 g/mol. The quantitative estimate of drug-likeness (QED) is 0.215. The molecule has 1 heterocycles. The Morgan fingerprint density at radius 1 is 1.18 bits per heavy atom. The van der Waals surface area contributed by atoms with Gasteiger partial charge in [-0.25, -0.2) is 4.79 Å². The second-order valence-electron chi connectivity index (χ2n) is 7.11. The lowest BCUT2D eigenvalue weighted by molar-refractivity contribution is -0.138. The fraction of sp³-hybridized carbons (Fsp3) is 0.333. The van der Waals surface area contributed by atoms with Crippen molar-refractivity contribution >= 4 is 29.2 Å². The normalized spacial score (nSPS) is 28.2. The van der Waals surface area contributed by atoms with E-state index in [1.165, 1.54) is 29.2 Å². The van der Waals surface area contributed by atoms with Crippen LogP contribution in [0, 0.1) is 35.0 Å². The van der Waals surface area contributed by atoms with Crippen LogP contribution in [0.15, 0.2) is 42.0 Å². The number of nitrogens with zero attached hydrogens (tertiary/aromatic N) is 2. The Labute approximate surface area is 161 Å². The molecule has 2 amide bonds. The van der Waals surface area contributed by atoms with Gasteiger partial charge in [-0.2, -0.15) is 5.26 Å². The van der Waals surface area contributed by atoms with Crippen molar-refractivity contribution in [3.05, 3.63) is 47.6 Å². The van der Waals surface area contributed by atoms with E-state index in [-0.39, 0.29) is 47.7 Å². The Kier molecular flexibility index (Phi) is 4.27. The van der Waals surface area contributed by atoms with Crippen molar-refractivity contribution in [2.45, 2.75) is 13.3 Å². The highest BCUT2D eigenvalue weighted by atomic mass is 16.5. The number of rotatable bonds is 4. The number of hydrogen-bond acceptors (Lipinski definition) is 6.